The molecule has 0 saturated carbocycles. The topological polar surface area (TPSA) is 385 Å². The number of phenolic OH excluding ortho intramolecular Hbond substituents is 1. The number of rotatable bonds is 28. The van der Waals surface area contributed by atoms with Crippen molar-refractivity contribution in [1.82, 2.24) is 42.5 Å². The van der Waals surface area contributed by atoms with Crippen LogP contribution in [0.4, 0.5) is 0 Å². The van der Waals surface area contributed by atoms with Gasteiger partial charge in [-0.3, -0.25) is 47.9 Å². The minimum Gasteiger partial charge on any atom is -0.508 e. The van der Waals surface area contributed by atoms with Crippen LogP contribution < -0.4 is 59.7 Å². The third kappa shape index (κ3) is 21.9. The minimum atomic E-state index is -1.80. The summed E-state index contributed by atoms with van der Waals surface area (Å²) in [6.07, 6.45) is -2.07. The number of aliphatic hydroxyl groups is 1. The van der Waals surface area contributed by atoms with Crippen LogP contribution in [0.2, 0.25) is 0 Å². The molecular weight excluding hydrogens is 886 g/mol. The van der Waals surface area contributed by atoms with Crippen LogP contribution in [0, 0.1) is 11.8 Å². The van der Waals surface area contributed by atoms with Crippen molar-refractivity contribution in [2.24, 2.45) is 29.0 Å². The summed E-state index contributed by atoms with van der Waals surface area (Å²) in [6.45, 7) is 6.91. The van der Waals surface area contributed by atoms with Gasteiger partial charge in [0.05, 0.1) is 25.6 Å². The van der Waals surface area contributed by atoms with Crippen LogP contribution in [0.3, 0.4) is 0 Å². The second-order valence-corrected chi connectivity index (χ2v) is 16.0. The number of primary amides is 2. The van der Waals surface area contributed by atoms with Crippen molar-refractivity contribution in [1.29, 1.82) is 0 Å². The zero-order valence-corrected chi connectivity index (χ0v) is 38.9. The van der Waals surface area contributed by atoms with E-state index in [0.717, 1.165) is 12.3 Å². The number of phenols is 1. The fraction of sp³-hybridized carbons (Fsp3) is 0.564. The van der Waals surface area contributed by atoms with E-state index in [-0.39, 0.29) is 49.1 Å². The van der Waals surface area contributed by atoms with Crippen molar-refractivity contribution in [2.75, 3.05) is 18.8 Å². The van der Waals surface area contributed by atoms with Crippen LogP contribution >= 0.6 is 24.8 Å². The molecule has 0 spiro atoms. The Hall–Kier alpha value is -5.32. The normalized spacial score (nSPS) is 14.9. The molecule has 1 rings (SSSR count). The second kappa shape index (κ2) is 30.0. The number of carbonyl (C=O) groups is 10. The van der Waals surface area contributed by atoms with Gasteiger partial charge in [0.15, 0.2) is 0 Å². The molecule has 9 atom stereocenters. The Bertz CT molecular complexity index is 1840. The molecule has 0 fully saturated rings. The summed E-state index contributed by atoms with van der Waals surface area (Å²) < 4.78 is 0. The third-order valence-corrected chi connectivity index (χ3v) is 10.0. The largest absolute Gasteiger partial charge is 0.508 e. The van der Waals surface area contributed by atoms with E-state index in [0.29, 0.717) is 12.0 Å². The Labute approximate surface area is 399 Å². The molecule has 1 radical (unpaired) electrons. The number of thiocarbonyl (C=S) groups is 1. The Morgan fingerprint density at radius 2 is 1.18 bits per heavy atom. The van der Waals surface area contributed by atoms with Gasteiger partial charge < -0.3 is 69.9 Å². The van der Waals surface area contributed by atoms with E-state index < -0.39 is 133 Å². The van der Waals surface area contributed by atoms with Gasteiger partial charge in [0.2, 0.25) is 59.1 Å². The summed E-state index contributed by atoms with van der Waals surface area (Å²) in [5.41, 5.74) is 16.7. The predicted molar refractivity (Wildman–Crippen MR) is 244 cm³/mol. The molecule has 16 N–H and O–H groups in total. The van der Waals surface area contributed by atoms with E-state index >= 15 is 0 Å². The van der Waals surface area contributed by atoms with Gasteiger partial charge in [0.25, 0.3) is 0 Å². The molecule has 0 saturated heterocycles. The van der Waals surface area contributed by atoms with Gasteiger partial charge in [-0.05, 0) is 42.9 Å². The maximum absolute atomic E-state index is 13.8. The molecule has 0 unspecified atom stereocenters. The van der Waals surface area contributed by atoms with Crippen LogP contribution in [0.25, 0.3) is 0 Å². The molecule has 65 heavy (non-hydrogen) atoms. The van der Waals surface area contributed by atoms with Gasteiger partial charge in [-0.2, -0.15) is 12.6 Å². The fourth-order valence-electron chi connectivity index (χ4n) is 5.69. The van der Waals surface area contributed by atoms with E-state index in [1.165, 1.54) is 24.3 Å². The van der Waals surface area contributed by atoms with Crippen LogP contribution in [0.5, 0.6) is 5.75 Å². The van der Waals surface area contributed by atoms with Gasteiger partial charge in [0.1, 0.15) is 48.0 Å². The third-order valence-electron chi connectivity index (χ3n) is 9.39. The van der Waals surface area contributed by atoms with E-state index in [9.17, 15) is 58.2 Å². The van der Waals surface area contributed by atoms with Crippen molar-refractivity contribution in [3.63, 3.8) is 0 Å². The fourth-order valence-corrected chi connectivity index (χ4v) is 6.07. The van der Waals surface area contributed by atoms with Crippen molar-refractivity contribution in [2.45, 2.75) is 109 Å². The molecule has 23 nitrogen and oxygen atoms in total. The molecule has 1 aromatic rings. The smallest absolute Gasteiger partial charge is 0.245 e. The van der Waals surface area contributed by atoms with E-state index in [4.69, 9.17) is 29.4 Å². The second-order valence-electron chi connectivity index (χ2n) is 15.3. The molecule has 1 aromatic carbocycles. The number of aromatic hydroxyl groups is 1. The minimum absolute atomic E-state index is 0. The molecule has 10 amide bonds. The number of benzene rings is 1. The summed E-state index contributed by atoms with van der Waals surface area (Å²) >= 11 is 8.84. The zero-order valence-electron chi connectivity index (χ0n) is 37.2. The zero-order chi connectivity index (χ0) is 48.8. The number of nitrogens with one attached hydrogen (secondary N) is 8. The number of nitrogens with two attached hydrogens (primary N) is 3. The monoisotopic (exact) mass is 946 g/mol. The van der Waals surface area contributed by atoms with Gasteiger partial charge in [-0.1, -0.05) is 58.5 Å². The van der Waals surface area contributed by atoms with Crippen LogP contribution in [-0.4, -0.2) is 161 Å². The van der Waals surface area contributed by atoms with E-state index in [1.807, 2.05) is 0 Å². The molecule has 357 valence electrons. The Balaban J connectivity index is 0.0000410. The first-order valence-electron chi connectivity index (χ1n) is 20.1. The van der Waals surface area contributed by atoms with Crippen molar-refractivity contribution in [3.05, 3.63) is 29.8 Å². The number of amides is 10. The quantitative estimate of drug-likeness (QED) is 0.0212. The number of hydrogen-bond donors (Lipinski definition) is 14. The standard InChI is InChI=1S/C39H61N11O12S2.Li/c1-6-19(4)31(49-37(60)25(46-33(56)23(40)16-63)12-21-7-9-22(52)10-8-21)38(61)50-32(20(5)51)39(62)47-26(13-28(41)53)36(59)48-27(17-64)35(58)44-15-30(55)45-24(11-18(2)3)34(57)43-14-29(42)54;/h7-10,16,18-20,23-27,31-32,51-52,64H,6,11-15,17,40H2,1-5H3,(H2,41,53)(H2,42,54)(H,43,57)(H,44,58)(H,45,55)(H,46,56)(H,47,62)(H,48,59)(H,49,60)(H,50,61);/t19-,20+,23-,24-,25-,26-,27-,31-,32-;/m0./s1. The number of carbonyl (C=O) groups excluding carboxylic acids is 10. The molecule has 26 heteroatoms. The van der Waals surface area contributed by atoms with E-state index in [1.54, 1.807) is 27.7 Å². The molecular formula is C39H61LiN11O12S2. The maximum Gasteiger partial charge on any atom is 0.245 e. The summed E-state index contributed by atoms with van der Waals surface area (Å²) in [5.74, 6) is -10.2. The Kier molecular flexibility index (Phi) is 27.5. The first kappa shape index (κ1) is 59.7. The number of hydrogen-bond acceptors (Lipinski definition) is 15. The van der Waals surface area contributed by atoms with Crippen LogP contribution in [0.15, 0.2) is 24.3 Å². The molecule has 0 bridgehead atoms. The molecule has 0 aromatic heterocycles. The first-order valence-corrected chi connectivity index (χ1v) is 21.3. The maximum atomic E-state index is 13.8. The van der Waals surface area contributed by atoms with Crippen molar-refractivity contribution < 1.29 is 58.2 Å². The van der Waals surface area contributed by atoms with Gasteiger partial charge in [-0.15, -0.1) is 0 Å². The molecule has 0 aliphatic rings. The molecule has 0 heterocycles. The Morgan fingerprint density at radius 1 is 0.677 bits per heavy atom. The van der Waals surface area contributed by atoms with Crippen LogP contribution in [0.1, 0.15) is 59.4 Å². The number of thiol groups is 1. The number of aliphatic hydroxyl groups excluding tert-OH is 1. The van der Waals surface area contributed by atoms with Crippen molar-refractivity contribution >= 4 is 108 Å². The Morgan fingerprint density at radius 3 is 1.69 bits per heavy atom. The van der Waals surface area contributed by atoms with Crippen LogP contribution in [-0.2, 0) is 54.4 Å². The van der Waals surface area contributed by atoms with Gasteiger partial charge in [0, 0.05) is 36.4 Å². The summed E-state index contributed by atoms with van der Waals surface area (Å²) in [7, 11) is 0. The summed E-state index contributed by atoms with van der Waals surface area (Å²) in [4.78, 5) is 129. The van der Waals surface area contributed by atoms with Gasteiger partial charge >= 0.3 is 0 Å². The molecule has 0 aliphatic heterocycles. The summed E-state index contributed by atoms with van der Waals surface area (Å²) in [6, 6.07) is -4.27. The first-order chi connectivity index (χ1) is 29.9. The summed E-state index contributed by atoms with van der Waals surface area (Å²) in [5, 5.41) is 40.3. The predicted octanol–water partition coefficient (Wildman–Crippen LogP) is -5.21. The van der Waals surface area contributed by atoms with Gasteiger partial charge in [-0.25, -0.2) is 0 Å². The average molecular weight is 947 g/mol. The van der Waals surface area contributed by atoms with E-state index in [2.05, 4.69) is 55.2 Å². The SMILES string of the molecule is CC[C@H](C)[C@H](NC(=O)[C@H](Cc1ccc(O)cc1)NC(=O)[C@@H](N)C=S)C(=O)N[C@H](C(=O)N[C@@H](CC(N)=O)C(=O)N[C@@H](CS)C(=O)NCC(=O)N[C@@H](CC(C)C)C(=O)NCC(N)=O)[C@@H](C)O.[Li]. The average Bonchev–Trinajstić information content (AvgIpc) is 3.23. The molecule has 0 aliphatic carbocycles. The van der Waals surface area contributed by atoms with Crippen molar-refractivity contribution in [3.8, 4) is 5.75 Å².